The molecule has 1 aliphatic rings. The molecule has 19 heavy (non-hydrogen) atoms. The summed E-state index contributed by atoms with van der Waals surface area (Å²) in [6.45, 7) is 0.653. The summed E-state index contributed by atoms with van der Waals surface area (Å²) in [5, 5.41) is 8.96. The summed E-state index contributed by atoms with van der Waals surface area (Å²) >= 11 is 0. The number of benzene rings is 1. The largest absolute Gasteiger partial charge is 0.493 e. The highest BCUT2D eigenvalue weighted by atomic mass is 16.5. The number of nitrogens with zero attached hydrogens (tertiary/aromatic N) is 3. The molecule has 98 valence electrons. The molecule has 0 N–H and O–H groups in total. The number of nitriles is 1. The van der Waals surface area contributed by atoms with Crippen LogP contribution in [0.2, 0.25) is 0 Å². The van der Waals surface area contributed by atoms with Gasteiger partial charge in [0.05, 0.1) is 26.5 Å². The molecule has 0 bridgehead atoms. The first-order chi connectivity index (χ1) is 9.17. The van der Waals surface area contributed by atoms with Crippen molar-refractivity contribution in [3.8, 4) is 17.6 Å². The predicted molar refractivity (Wildman–Crippen MR) is 72.4 cm³/mol. The van der Waals surface area contributed by atoms with Crippen molar-refractivity contribution < 1.29 is 9.47 Å². The average Bonchev–Trinajstić information content (AvgIpc) is 2.45. The Kier molecular flexibility index (Phi) is 3.71. The number of aliphatic imine (C=N–C) groups is 1. The molecule has 2 rings (SSSR count). The maximum absolute atomic E-state index is 8.96. The van der Waals surface area contributed by atoms with Gasteiger partial charge in [-0.25, -0.2) is 4.99 Å². The van der Waals surface area contributed by atoms with Crippen LogP contribution >= 0.6 is 0 Å². The van der Waals surface area contributed by atoms with Gasteiger partial charge in [-0.05, 0) is 18.2 Å². The van der Waals surface area contributed by atoms with Gasteiger partial charge in [-0.1, -0.05) is 0 Å². The van der Waals surface area contributed by atoms with Crippen molar-refractivity contribution in [3.05, 3.63) is 35.7 Å². The Labute approximate surface area is 112 Å². The quantitative estimate of drug-likeness (QED) is 0.828. The SMILES string of the molecule is COc1ccc(C2=NC(C#N)=CN(C)C2)cc1OC. The summed E-state index contributed by atoms with van der Waals surface area (Å²) in [5.74, 6) is 1.32. The molecule has 1 aromatic carbocycles. The number of rotatable bonds is 3. The average molecular weight is 257 g/mol. The van der Waals surface area contributed by atoms with E-state index in [2.05, 4.69) is 11.1 Å². The van der Waals surface area contributed by atoms with Crippen molar-refractivity contribution in [2.24, 2.45) is 4.99 Å². The Bertz CT molecular complexity index is 585. The number of ether oxygens (including phenoxy) is 2. The van der Waals surface area contributed by atoms with Crippen molar-refractivity contribution >= 4 is 5.71 Å². The van der Waals surface area contributed by atoms with Gasteiger partial charge in [0.25, 0.3) is 0 Å². The van der Waals surface area contributed by atoms with Crippen LogP contribution in [0.15, 0.2) is 35.1 Å². The fraction of sp³-hybridized carbons (Fsp3) is 0.286. The molecular formula is C14H15N3O2. The first-order valence-corrected chi connectivity index (χ1v) is 5.80. The Morgan fingerprint density at radius 3 is 2.63 bits per heavy atom. The monoisotopic (exact) mass is 257 g/mol. The van der Waals surface area contributed by atoms with Crippen LogP contribution in [0, 0.1) is 11.3 Å². The molecule has 0 atom stereocenters. The van der Waals surface area contributed by atoms with Crippen LogP contribution in [0.1, 0.15) is 5.56 Å². The van der Waals surface area contributed by atoms with Gasteiger partial charge < -0.3 is 14.4 Å². The number of allylic oxidation sites excluding steroid dienone is 1. The van der Waals surface area contributed by atoms with Gasteiger partial charge in [0.2, 0.25) is 0 Å². The third-order valence-corrected chi connectivity index (χ3v) is 2.83. The summed E-state index contributed by atoms with van der Waals surface area (Å²) in [5.41, 5.74) is 2.16. The van der Waals surface area contributed by atoms with E-state index < -0.39 is 0 Å². The lowest BCUT2D eigenvalue weighted by molar-refractivity contribution is 0.355. The van der Waals surface area contributed by atoms with E-state index in [9.17, 15) is 0 Å². The maximum Gasteiger partial charge on any atom is 0.161 e. The zero-order valence-corrected chi connectivity index (χ0v) is 11.2. The van der Waals surface area contributed by atoms with Gasteiger partial charge in [-0.3, -0.25) is 0 Å². The van der Waals surface area contributed by atoms with E-state index in [1.807, 2.05) is 30.1 Å². The first kappa shape index (κ1) is 13.0. The molecule has 0 amide bonds. The van der Waals surface area contributed by atoms with Gasteiger partial charge in [0.1, 0.15) is 6.07 Å². The molecule has 1 heterocycles. The Hall–Kier alpha value is -2.48. The number of likely N-dealkylation sites (N-methyl/N-ethyl adjacent to an activating group) is 1. The maximum atomic E-state index is 8.96. The smallest absolute Gasteiger partial charge is 0.161 e. The first-order valence-electron chi connectivity index (χ1n) is 5.80. The molecule has 0 radical (unpaired) electrons. The minimum atomic E-state index is 0.401. The standard InChI is InChI=1S/C14H15N3O2/c1-17-8-11(7-15)16-12(9-17)10-4-5-13(18-2)14(6-10)19-3/h4-6,8H,9H2,1-3H3. The molecule has 1 aliphatic heterocycles. The van der Waals surface area contributed by atoms with Crippen LogP contribution in [0.25, 0.3) is 0 Å². The molecule has 1 aromatic rings. The molecule has 5 nitrogen and oxygen atoms in total. The Balaban J connectivity index is 2.40. The van der Waals surface area contributed by atoms with Gasteiger partial charge in [0.15, 0.2) is 17.2 Å². The lowest BCUT2D eigenvalue weighted by Crippen LogP contribution is -2.25. The summed E-state index contributed by atoms with van der Waals surface area (Å²) in [6, 6.07) is 7.67. The summed E-state index contributed by atoms with van der Waals surface area (Å²) in [4.78, 5) is 6.26. The van der Waals surface area contributed by atoms with Gasteiger partial charge >= 0.3 is 0 Å². The highest BCUT2D eigenvalue weighted by Crippen LogP contribution is 2.28. The Morgan fingerprint density at radius 2 is 2.00 bits per heavy atom. The van der Waals surface area contributed by atoms with E-state index in [0.717, 1.165) is 11.3 Å². The van der Waals surface area contributed by atoms with E-state index >= 15 is 0 Å². The second-order valence-electron chi connectivity index (χ2n) is 4.17. The zero-order valence-electron chi connectivity index (χ0n) is 11.2. The number of hydrogen-bond acceptors (Lipinski definition) is 5. The van der Waals surface area contributed by atoms with Crippen LogP contribution in [0.4, 0.5) is 0 Å². The van der Waals surface area contributed by atoms with E-state index in [1.54, 1.807) is 20.4 Å². The van der Waals surface area contributed by atoms with Gasteiger partial charge in [-0.15, -0.1) is 0 Å². The van der Waals surface area contributed by atoms with Crippen LogP contribution in [0.5, 0.6) is 11.5 Å². The molecule has 0 unspecified atom stereocenters. The van der Waals surface area contributed by atoms with Gasteiger partial charge in [-0.2, -0.15) is 5.26 Å². The third kappa shape index (κ3) is 2.68. The lowest BCUT2D eigenvalue weighted by atomic mass is 10.1. The van der Waals surface area contributed by atoms with Crippen LogP contribution in [0.3, 0.4) is 0 Å². The van der Waals surface area contributed by atoms with E-state index in [4.69, 9.17) is 14.7 Å². The normalized spacial score (nSPS) is 14.3. The second kappa shape index (κ2) is 5.44. The van der Waals surface area contributed by atoms with E-state index in [0.29, 0.717) is 23.7 Å². The summed E-state index contributed by atoms with van der Waals surface area (Å²) in [7, 11) is 5.10. The molecule has 0 fully saturated rings. The summed E-state index contributed by atoms with van der Waals surface area (Å²) < 4.78 is 10.5. The molecule has 0 aliphatic carbocycles. The lowest BCUT2D eigenvalue weighted by Gasteiger charge is -2.20. The van der Waals surface area contributed by atoms with Crippen LogP contribution in [-0.4, -0.2) is 38.4 Å². The number of hydrogen-bond donors (Lipinski definition) is 0. The number of methoxy groups -OCH3 is 2. The highest BCUT2D eigenvalue weighted by Gasteiger charge is 2.14. The molecule has 0 saturated carbocycles. The third-order valence-electron chi connectivity index (χ3n) is 2.83. The molecular weight excluding hydrogens is 242 g/mol. The predicted octanol–water partition coefficient (Wildman–Crippen LogP) is 1.80. The van der Waals surface area contributed by atoms with Gasteiger partial charge in [0, 0.05) is 18.8 Å². The molecule has 5 heteroatoms. The van der Waals surface area contributed by atoms with Crippen molar-refractivity contribution in [1.82, 2.24) is 4.90 Å². The van der Waals surface area contributed by atoms with E-state index in [1.165, 1.54) is 0 Å². The fourth-order valence-corrected chi connectivity index (χ4v) is 1.93. The summed E-state index contributed by atoms with van der Waals surface area (Å²) in [6.07, 6.45) is 1.73. The Morgan fingerprint density at radius 1 is 1.26 bits per heavy atom. The zero-order chi connectivity index (χ0) is 13.8. The fourth-order valence-electron chi connectivity index (χ4n) is 1.93. The minimum Gasteiger partial charge on any atom is -0.493 e. The topological polar surface area (TPSA) is 57.8 Å². The van der Waals surface area contributed by atoms with Crippen LogP contribution in [-0.2, 0) is 0 Å². The molecule has 0 spiro atoms. The van der Waals surface area contributed by atoms with Crippen LogP contribution < -0.4 is 9.47 Å². The van der Waals surface area contributed by atoms with Crippen molar-refractivity contribution in [2.75, 3.05) is 27.8 Å². The highest BCUT2D eigenvalue weighted by molar-refractivity contribution is 6.03. The van der Waals surface area contributed by atoms with Crippen molar-refractivity contribution in [2.45, 2.75) is 0 Å². The molecule has 0 aromatic heterocycles. The second-order valence-corrected chi connectivity index (χ2v) is 4.17. The van der Waals surface area contributed by atoms with Crippen molar-refractivity contribution in [3.63, 3.8) is 0 Å². The minimum absolute atomic E-state index is 0.401. The van der Waals surface area contributed by atoms with Crippen molar-refractivity contribution in [1.29, 1.82) is 5.26 Å². The van der Waals surface area contributed by atoms with E-state index in [-0.39, 0.29) is 0 Å². The molecule has 0 saturated heterocycles.